The number of rotatable bonds is 4. The highest BCUT2D eigenvalue weighted by Crippen LogP contribution is 2.55. The Hall–Kier alpha value is -1.35. The maximum atomic E-state index is 12.5. The lowest BCUT2D eigenvalue weighted by molar-refractivity contribution is -0.116. The highest BCUT2D eigenvalue weighted by molar-refractivity contribution is 5.93. The highest BCUT2D eigenvalue weighted by atomic mass is 16.1. The standard InChI is InChI=1S/C21H30N2O/c1-13-4-14(2)20(15(3)5-13)23-19(24)12-22-21-9-16-6-17(10-21)8-18(7-16)11-21/h4-5,16-18,22H,6-12H2,1-3H3,(H,23,24). The third kappa shape index (κ3) is 2.99. The SMILES string of the molecule is Cc1cc(C)c(NC(=O)CNC23CC4CC(CC(C4)C2)C3)c(C)c1. The zero-order chi connectivity index (χ0) is 16.9. The van der Waals surface area contributed by atoms with Gasteiger partial charge in [-0.25, -0.2) is 0 Å². The van der Waals surface area contributed by atoms with Crippen molar-refractivity contribution in [3.05, 3.63) is 28.8 Å². The zero-order valence-corrected chi connectivity index (χ0v) is 15.2. The van der Waals surface area contributed by atoms with E-state index in [2.05, 4.69) is 43.5 Å². The second-order valence-electron chi connectivity index (χ2n) is 8.87. The molecule has 4 fully saturated rings. The summed E-state index contributed by atoms with van der Waals surface area (Å²) in [5.74, 6) is 2.83. The molecule has 0 aromatic heterocycles. The topological polar surface area (TPSA) is 41.1 Å². The van der Waals surface area contributed by atoms with Gasteiger partial charge < -0.3 is 10.6 Å². The largest absolute Gasteiger partial charge is 0.324 e. The van der Waals surface area contributed by atoms with Crippen LogP contribution in [0.15, 0.2) is 12.1 Å². The lowest BCUT2D eigenvalue weighted by Gasteiger charge is -2.57. The van der Waals surface area contributed by atoms with Crippen LogP contribution >= 0.6 is 0 Å². The van der Waals surface area contributed by atoms with Crippen LogP contribution in [0.25, 0.3) is 0 Å². The molecular weight excluding hydrogens is 296 g/mol. The van der Waals surface area contributed by atoms with Crippen molar-refractivity contribution >= 4 is 11.6 Å². The van der Waals surface area contributed by atoms with Crippen molar-refractivity contribution in [2.24, 2.45) is 17.8 Å². The Kier molecular flexibility index (Phi) is 3.95. The van der Waals surface area contributed by atoms with E-state index in [9.17, 15) is 4.79 Å². The molecule has 5 rings (SSSR count). The molecule has 0 spiro atoms. The third-order valence-corrected chi connectivity index (χ3v) is 6.60. The number of benzene rings is 1. The van der Waals surface area contributed by atoms with Gasteiger partial charge in [0.2, 0.25) is 5.91 Å². The molecule has 130 valence electrons. The van der Waals surface area contributed by atoms with Gasteiger partial charge >= 0.3 is 0 Å². The Morgan fingerprint density at radius 2 is 1.50 bits per heavy atom. The monoisotopic (exact) mass is 326 g/mol. The smallest absolute Gasteiger partial charge is 0.238 e. The maximum Gasteiger partial charge on any atom is 0.238 e. The first-order valence-corrected chi connectivity index (χ1v) is 9.55. The van der Waals surface area contributed by atoms with Gasteiger partial charge in [0.15, 0.2) is 0 Å². The molecule has 0 saturated heterocycles. The summed E-state index contributed by atoms with van der Waals surface area (Å²) in [7, 11) is 0. The molecule has 1 aromatic rings. The van der Waals surface area contributed by atoms with Crippen molar-refractivity contribution in [3.8, 4) is 0 Å². The number of anilines is 1. The molecule has 4 aliphatic rings. The normalized spacial score (nSPS) is 33.7. The summed E-state index contributed by atoms with van der Waals surface area (Å²) in [6.45, 7) is 6.68. The predicted molar refractivity (Wildman–Crippen MR) is 98.2 cm³/mol. The van der Waals surface area contributed by atoms with Crippen molar-refractivity contribution in [2.75, 3.05) is 11.9 Å². The van der Waals surface area contributed by atoms with E-state index in [1.54, 1.807) is 0 Å². The minimum absolute atomic E-state index is 0.0980. The zero-order valence-electron chi connectivity index (χ0n) is 15.2. The first-order chi connectivity index (χ1) is 11.4. The third-order valence-electron chi connectivity index (χ3n) is 6.60. The van der Waals surface area contributed by atoms with E-state index in [0.29, 0.717) is 6.54 Å². The molecule has 3 heteroatoms. The van der Waals surface area contributed by atoms with Crippen LogP contribution < -0.4 is 10.6 Å². The minimum atomic E-state index is 0.0980. The second kappa shape index (κ2) is 5.87. The van der Waals surface area contributed by atoms with Gasteiger partial charge in [0.1, 0.15) is 0 Å². The molecule has 24 heavy (non-hydrogen) atoms. The summed E-state index contributed by atoms with van der Waals surface area (Å²) in [6, 6.07) is 4.27. The Morgan fingerprint density at radius 1 is 1.00 bits per heavy atom. The van der Waals surface area contributed by atoms with Gasteiger partial charge in [-0.15, -0.1) is 0 Å². The lowest BCUT2D eigenvalue weighted by Crippen LogP contribution is -2.59. The van der Waals surface area contributed by atoms with E-state index in [-0.39, 0.29) is 11.4 Å². The average molecular weight is 326 g/mol. The fourth-order valence-electron chi connectivity index (χ4n) is 6.16. The molecule has 2 N–H and O–H groups in total. The average Bonchev–Trinajstić information content (AvgIpc) is 2.47. The Labute approximate surface area is 145 Å². The van der Waals surface area contributed by atoms with Crippen LogP contribution in [0.2, 0.25) is 0 Å². The van der Waals surface area contributed by atoms with Gasteiger partial charge in [-0.3, -0.25) is 4.79 Å². The summed E-state index contributed by atoms with van der Waals surface area (Å²) >= 11 is 0. The first-order valence-electron chi connectivity index (χ1n) is 9.55. The summed E-state index contributed by atoms with van der Waals surface area (Å²) < 4.78 is 0. The van der Waals surface area contributed by atoms with Crippen LogP contribution in [0, 0.1) is 38.5 Å². The number of amides is 1. The number of hydrogen-bond acceptors (Lipinski definition) is 2. The van der Waals surface area contributed by atoms with Crippen LogP contribution in [-0.2, 0) is 4.79 Å². The lowest BCUT2D eigenvalue weighted by atomic mass is 9.53. The Bertz CT molecular complexity index is 606. The van der Waals surface area contributed by atoms with Gasteiger partial charge in [-0.2, -0.15) is 0 Å². The number of nitrogens with one attached hydrogen (secondary N) is 2. The van der Waals surface area contributed by atoms with Crippen molar-refractivity contribution < 1.29 is 4.79 Å². The molecule has 1 amide bonds. The van der Waals surface area contributed by atoms with Gasteiger partial charge in [-0.1, -0.05) is 17.7 Å². The molecule has 0 heterocycles. The van der Waals surface area contributed by atoms with E-state index in [4.69, 9.17) is 0 Å². The van der Waals surface area contributed by atoms with Gasteiger partial charge in [0.05, 0.1) is 6.54 Å². The summed E-state index contributed by atoms with van der Waals surface area (Å²) in [4.78, 5) is 12.5. The first kappa shape index (κ1) is 16.1. The summed E-state index contributed by atoms with van der Waals surface area (Å²) in [6.07, 6.45) is 8.18. The quantitative estimate of drug-likeness (QED) is 0.874. The number of carbonyl (C=O) groups excluding carboxylic acids is 1. The van der Waals surface area contributed by atoms with Gasteiger partial charge in [0.25, 0.3) is 0 Å². The highest BCUT2D eigenvalue weighted by Gasteiger charge is 2.50. The second-order valence-corrected chi connectivity index (χ2v) is 8.87. The predicted octanol–water partition coefficient (Wildman–Crippen LogP) is 4.11. The van der Waals surface area contributed by atoms with Crippen molar-refractivity contribution in [2.45, 2.75) is 64.8 Å². The van der Waals surface area contributed by atoms with Crippen LogP contribution in [0.5, 0.6) is 0 Å². The van der Waals surface area contributed by atoms with Crippen molar-refractivity contribution in [1.29, 1.82) is 0 Å². The van der Waals surface area contributed by atoms with Crippen molar-refractivity contribution in [1.82, 2.24) is 5.32 Å². The molecule has 0 aliphatic heterocycles. The fourth-order valence-corrected chi connectivity index (χ4v) is 6.16. The molecule has 0 radical (unpaired) electrons. The van der Waals surface area contributed by atoms with Crippen LogP contribution in [0.4, 0.5) is 5.69 Å². The van der Waals surface area contributed by atoms with Crippen LogP contribution in [-0.4, -0.2) is 18.0 Å². The summed E-state index contributed by atoms with van der Waals surface area (Å²) in [5, 5.41) is 6.82. The fraction of sp³-hybridized carbons (Fsp3) is 0.667. The van der Waals surface area contributed by atoms with E-state index in [1.807, 2.05) is 0 Å². The number of hydrogen-bond donors (Lipinski definition) is 2. The van der Waals surface area contributed by atoms with Gasteiger partial charge in [0, 0.05) is 11.2 Å². The van der Waals surface area contributed by atoms with E-state index in [1.165, 1.54) is 44.1 Å². The van der Waals surface area contributed by atoms with Gasteiger partial charge in [-0.05, 0) is 88.2 Å². The molecule has 4 aliphatic carbocycles. The number of aryl methyl sites for hydroxylation is 3. The Balaban J connectivity index is 1.39. The molecule has 0 atom stereocenters. The molecule has 3 nitrogen and oxygen atoms in total. The maximum absolute atomic E-state index is 12.5. The molecule has 0 unspecified atom stereocenters. The molecule has 1 aromatic carbocycles. The summed E-state index contributed by atoms with van der Waals surface area (Å²) in [5.41, 5.74) is 4.78. The van der Waals surface area contributed by atoms with Crippen LogP contribution in [0.3, 0.4) is 0 Å². The van der Waals surface area contributed by atoms with E-state index < -0.39 is 0 Å². The van der Waals surface area contributed by atoms with Crippen LogP contribution in [0.1, 0.15) is 55.2 Å². The molecule has 4 bridgehead atoms. The Morgan fingerprint density at radius 3 is 2.00 bits per heavy atom. The minimum Gasteiger partial charge on any atom is -0.324 e. The molecule has 4 saturated carbocycles. The number of carbonyl (C=O) groups is 1. The van der Waals surface area contributed by atoms with E-state index >= 15 is 0 Å². The van der Waals surface area contributed by atoms with Crippen molar-refractivity contribution in [3.63, 3.8) is 0 Å². The molecular formula is C21H30N2O. The van der Waals surface area contributed by atoms with E-state index in [0.717, 1.165) is 34.6 Å².